The maximum Gasteiger partial charge on any atom is 0.279 e. The van der Waals surface area contributed by atoms with Crippen molar-refractivity contribution in [1.82, 2.24) is 15.2 Å². The van der Waals surface area contributed by atoms with Crippen molar-refractivity contribution in [3.05, 3.63) is 64.4 Å². The van der Waals surface area contributed by atoms with Crippen molar-refractivity contribution in [3.8, 4) is 22.8 Å². The normalized spacial score (nSPS) is 10.4. The van der Waals surface area contributed by atoms with E-state index in [-0.39, 0.29) is 5.56 Å². The third-order valence-corrected chi connectivity index (χ3v) is 3.90. The summed E-state index contributed by atoms with van der Waals surface area (Å²) in [7, 11) is 3.21. The second-order valence-corrected chi connectivity index (χ2v) is 5.58. The van der Waals surface area contributed by atoms with Gasteiger partial charge in [-0.1, -0.05) is 36.4 Å². The second kappa shape index (κ2) is 8.15. The van der Waals surface area contributed by atoms with Crippen LogP contribution in [-0.4, -0.2) is 35.9 Å². The zero-order chi connectivity index (χ0) is 18.4. The summed E-state index contributed by atoms with van der Waals surface area (Å²) in [6.45, 7) is 0.588. The number of nitrogens with one attached hydrogen (secondary N) is 2. The van der Waals surface area contributed by atoms with Gasteiger partial charge < -0.3 is 14.8 Å². The van der Waals surface area contributed by atoms with Gasteiger partial charge in [-0.15, -0.1) is 10.2 Å². The van der Waals surface area contributed by atoms with Crippen molar-refractivity contribution in [2.24, 2.45) is 0 Å². The highest BCUT2D eigenvalue weighted by atomic mass is 16.5. The van der Waals surface area contributed by atoms with Crippen LogP contribution in [0.15, 0.2) is 53.3 Å². The Morgan fingerprint density at radius 2 is 1.77 bits per heavy atom. The molecule has 1 aromatic heterocycles. The fraction of sp³-hybridized carbons (Fsp3) is 0.211. The van der Waals surface area contributed by atoms with Crippen LogP contribution in [0.4, 0.5) is 5.95 Å². The van der Waals surface area contributed by atoms with E-state index in [0.717, 1.165) is 17.5 Å². The summed E-state index contributed by atoms with van der Waals surface area (Å²) in [6.07, 6.45) is 0.727. The maximum atomic E-state index is 12.2. The summed E-state index contributed by atoms with van der Waals surface area (Å²) in [4.78, 5) is 14.9. The molecule has 0 unspecified atom stereocenters. The molecule has 0 aliphatic heterocycles. The summed E-state index contributed by atoms with van der Waals surface area (Å²) in [5.41, 5.74) is 1.83. The molecular formula is C19H20N4O3. The van der Waals surface area contributed by atoms with Crippen LogP contribution in [0.1, 0.15) is 5.56 Å². The Balaban J connectivity index is 1.64. The van der Waals surface area contributed by atoms with E-state index in [9.17, 15) is 4.79 Å². The monoisotopic (exact) mass is 352 g/mol. The molecule has 0 bridgehead atoms. The van der Waals surface area contributed by atoms with Gasteiger partial charge in [0.1, 0.15) is 0 Å². The third kappa shape index (κ3) is 4.00. The summed E-state index contributed by atoms with van der Waals surface area (Å²) in [5, 5.41) is 11.2. The molecular weight excluding hydrogens is 332 g/mol. The van der Waals surface area contributed by atoms with E-state index >= 15 is 0 Å². The SMILES string of the molecule is COc1ccc(CCNc2nnc(-c3ccccc3)c(=O)[nH]2)cc1OC. The van der Waals surface area contributed by atoms with Gasteiger partial charge in [-0.2, -0.15) is 0 Å². The average Bonchev–Trinajstić information content (AvgIpc) is 2.68. The lowest BCUT2D eigenvalue weighted by molar-refractivity contribution is 0.354. The van der Waals surface area contributed by atoms with E-state index in [1.54, 1.807) is 14.2 Å². The average molecular weight is 352 g/mol. The molecule has 0 aliphatic rings. The molecule has 0 fully saturated rings. The van der Waals surface area contributed by atoms with Crippen LogP contribution in [0, 0.1) is 0 Å². The lowest BCUT2D eigenvalue weighted by Crippen LogP contribution is -2.18. The Morgan fingerprint density at radius 1 is 1.00 bits per heavy atom. The van der Waals surface area contributed by atoms with Crippen molar-refractivity contribution in [3.63, 3.8) is 0 Å². The minimum absolute atomic E-state index is 0.278. The highest BCUT2D eigenvalue weighted by Crippen LogP contribution is 2.27. The van der Waals surface area contributed by atoms with E-state index in [2.05, 4.69) is 20.5 Å². The molecule has 7 nitrogen and oxygen atoms in total. The standard InChI is InChI=1S/C19H20N4O3/c1-25-15-9-8-13(12-16(15)26-2)10-11-20-19-21-18(24)17(22-23-19)14-6-4-3-5-7-14/h3-9,12H,10-11H2,1-2H3,(H2,20,21,23,24). The van der Waals surface area contributed by atoms with Crippen molar-refractivity contribution in [2.75, 3.05) is 26.1 Å². The zero-order valence-electron chi connectivity index (χ0n) is 14.7. The van der Waals surface area contributed by atoms with Gasteiger partial charge in [-0.25, -0.2) is 0 Å². The van der Waals surface area contributed by atoms with Gasteiger partial charge in [0, 0.05) is 12.1 Å². The van der Waals surface area contributed by atoms with Gasteiger partial charge in [0.05, 0.1) is 14.2 Å². The Labute approximate surface area is 151 Å². The molecule has 0 radical (unpaired) electrons. The molecule has 3 aromatic rings. The number of aromatic amines is 1. The Kier molecular flexibility index (Phi) is 5.48. The van der Waals surface area contributed by atoms with Gasteiger partial charge >= 0.3 is 0 Å². The minimum Gasteiger partial charge on any atom is -0.493 e. The first-order valence-electron chi connectivity index (χ1n) is 8.18. The van der Waals surface area contributed by atoms with E-state index in [1.165, 1.54) is 0 Å². The van der Waals surface area contributed by atoms with Gasteiger partial charge in [-0.3, -0.25) is 9.78 Å². The lowest BCUT2D eigenvalue weighted by atomic mass is 10.1. The number of ether oxygens (including phenoxy) is 2. The number of hydrogen-bond donors (Lipinski definition) is 2. The Morgan fingerprint density at radius 3 is 2.46 bits per heavy atom. The van der Waals surface area contributed by atoms with Crippen LogP contribution in [-0.2, 0) is 6.42 Å². The number of anilines is 1. The van der Waals surface area contributed by atoms with Crippen LogP contribution < -0.4 is 20.3 Å². The zero-order valence-corrected chi connectivity index (χ0v) is 14.7. The first-order chi connectivity index (χ1) is 12.7. The third-order valence-electron chi connectivity index (χ3n) is 3.90. The van der Waals surface area contributed by atoms with E-state index in [0.29, 0.717) is 29.7 Å². The first-order valence-corrected chi connectivity index (χ1v) is 8.18. The van der Waals surface area contributed by atoms with E-state index < -0.39 is 0 Å². The largest absolute Gasteiger partial charge is 0.493 e. The first kappa shape index (κ1) is 17.5. The molecule has 134 valence electrons. The van der Waals surface area contributed by atoms with Crippen LogP contribution >= 0.6 is 0 Å². The molecule has 1 heterocycles. The summed E-state index contributed by atoms with van der Waals surface area (Å²) in [5.74, 6) is 1.72. The molecule has 0 atom stereocenters. The number of hydrogen-bond acceptors (Lipinski definition) is 6. The Bertz CT molecular complexity index is 926. The van der Waals surface area contributed by atoms with Crippen molar-refractivity contribution < 1.29 is 9.47 Å². The quantitative estimate of drug-likeness (QED) is 0.679. The summed E-state index contributed by atoms with van der Waals surface area (Å²) >= 11 is 0. The van der Waals surface area contributed by atoms with E-state index in [4.69, 9.17) is 9.47 Å². The molecule has 2 N–H and O–H groups in total. The van der Waals surface area contributed by atoms with Crippen molar-refractivity contribution >= 4 is 5.95 Å². The molecule has 3 rings (SSSR count). The Hall–Kier alpha value is -3.35. The maximum absolute atomic E-state index is 12.2. The topological polar surface area (TPSA) is 89.1 Å². The second-order valence-electron chi connectivity index (χ2n) is 5.58. The van der Waals surface area contributed by atoms with Crippen LogP contribution in [0.3, 0.4) is 0 Å². The predicted octanol–water partition coefficient (Wildman–Crippen LogP) is 2.50. The molecule has 0 spiro atoms. The molecule has 26 heavy (non-hydrogen) atoms. The van der Waals surface area contributed by atoms with Gasteiger partial charge in [-0.05, 0) is 24.1 Å². The highest BCUT2D eigenvalue weighted by Gasteiger charge is 2.07. The smallest absolute Gasteiger partial charge is 0.279 e. The molecule has 0 aliphatic carbocycles. The number of aromatic nitrogens is 3. The lowest BCUT2D eigenvalue weighted by Gasteiger charge is -2.10. The molecule has 0 saturated heterocycles. The number of H-pyrrole nitrogens is 1. The number of benzene rings is 2. The highest BCUT2D eigenvalue weighted by molar-refractivity contribution is 5.57. The van der Waals surface area contributed by atoms with Crippen LogP contribution in [0.25, 0.3) is 11.3 Å². The number of nitrogens with zero attached hydrogens (tertiary/aromatic N) is 2. The molecule has 0 saturated carbocycles. The fourth-order valence-electron chi connectivity index (χ4n) is 2.56. The van der Waals surface area contributed by atoms with Crippen molar-refractivity contribution in [1.29, 1.82) is 0 Å². The predicted molar refractivity (Wildman–Crippen MR) is 99.8 cm³/mol. The summed E-state index contributed by atoms with van der Waals surface area (Å²) in [6, 6.07) is 15.0. The molecule has 2 aromatic carbocycles. The van der Waals surface area contributed by atoms with Gasteiger partial charge in [0.15, 0.2) is 17.2 Å². The van der Waals surface area contributed by atoms with Crippen LogP contribution in [0.2, 0.25) is 0 Å². The van der Waals surface area contributed by atoms with Crippen LogP contribution in [0.5, 0.6) is 11.5 Å². The minimum atomic E-state index is -0.278. The summed E-state index contributed by atoms with van der Waals surface area (Å²) < 4.78 is 10.5. The van der Waals surface area contributed by atoms with Gasteiger partial charge in [0.2, 0.25) is 5.95 Å². The number of rotatable bonds is 7. The van der Waals surface area contributed by atoms with E-state index in [1.807, 2.05) is 48.5 Å². The number of methoxy groups -OCH3 is 2. The molecule has 0 amide bonds. The van der Waals surface area contributed by atoms with Gasteiger partial charge in [0.25, 0.3) is 5.56 Å². The fourth-order valence-corrected chi connectivity index (χ4v) is 2.56. The molecule has 7 heteroatoms. The van der Waals surface area contributed by atoms with Crippen molar-refractivity contribution in [2.45, 2.75) is 6.42 Å².